The van der Waals surface area contributed by atoms with Crippen LogP contribution in [-0.4, -0.2) is 29.8 Å². The van der Waals surface area contributed by atoms with Crippen LogP contribution >= 0.6 is 34.8 Å². The molecule has 1 aliphatic rings. The van der Waals surface area contributed by atoms with Gasteiger partial charge in [-0.1, -0.05) is 41.7 Å². The van der Waals surface area contributed by atoms with E-state index in [0.29, 0.717) is 40.3 Å². The van der Waals surface area contributed by atoms with Gasteiger partial charge in [0, 0.05) is 23.1 Å². The van der Waals surface area contributed by atoms with Crippen LogP contribution in [0.25, 0.3) is 0 Å². The number of amides is 2. The number of anilines is 1. The highest BCUT2D eigenvalue weighted by Gasteiger charge is 2.25. The Kier molecular flexibility index (Phi) is 6.30. The molecule has 1 saturated heterocycles. The molecule has 0 radical (unpaired) electrons. The van der Waals surface area contributed by atoms with Gasteiger partial charge in [0.1, 0.15) is 0 Å². The van der Waals surface area contributed by atoms with Crippen LogP contribution < -0.4 is 5.32 Å². The molecule has 2 amide bonds. The second kappa shape index (κ2) is 8.51. The molecule has 2 aromatic carbocycles. The van der Waals surface area contributed by atoms with Gasteiger partial charge in [-0.05, 0) is 55.2 Å². The largest absolute Gasteiger partial charge is 0.338 e. The lowest BCUT2D eigenvalue weighted by molar-refractivity contribution is 0.0684. The first-order valence-electron chi connectivity index (χ1n) is 8.70. The molecule has 1 aliphatic heterocycles. The van der Waals surface area contributed by atoms with E-state index in [1.165, 1.54) is 6.07 Å². The molecule has 2 aromatic rings. The average molecular weight is 426 g/mol. The zero-order valence-electron chi connectivity index (χ0n) is 14.8. The number of rotatable bonds is 3. The molecule has 0 aromatic heterocycles. The lowest BCUT2D eigenvalue weighted by Gasteiger charge is -2.31. The van der Waals surface area contributed by atoms with Crippen molar-refractivity contribution in [3.63, 3.8) is 0 Å². The third kappa shape index (κ3) is 4.75. The minimum Gasteiger partial charge on any atom is -0.338 e. The van der Waals surface area contributed by atoms with Gasteiger partial charge >= 0.3 is 0 Å². The fraction of sp³-hybridized carbons (Fsp3) is 0.300. The normalized spacial score (nSPS) is 16.9. The summed E-state index contributed by atoms with van der Waals surface area (Å²) < 4.78 is 0. The number of nitrogens with one attached hydrogen (secondary N) is 1. The fourth-order valence-electron chi connectivity index (χ4n) is 3.21. The lowest BCUT2D eigenvalue weighted by Crippen LogP contribution is -2.39. The molecule has 1 N–H and O–H groups in total. The predicted octanol–water partition coefficient (Wildman–Crippen LogP) is 5.77. The molecular weight excluding hydrogens is 407 g/mol. The van der Waals surface area contributed by atoms with Gasteiger partial charge < -0.3 is 10.2 Å². The highest BCUT2D eigenvalue weighted by atomic mass is 35.5. The Hall–Kier alpha value is -1.75. The third-order valence-electron chi connectivity index (χ3n) is 4.58. The Labute approximate surface area is 173 Å². The molecule has 27 heavy (non-hydrogen) atoms. The number of carbonyl (C=O) groups is 2. The van der Waals surface area contributed by atoms with Crippen LogP contribution in [0.5, 0.6) is 0 Å². The molecule has 142 valence electrons. The van der Waals surface area contributed by atoms with Gasteiger partial charge in [-0.2, -0.15) is 0 Å². The number of carbonyl (C=O) groups excluding carboxylic acids is 2. The standard InChI is InChI=1S/C20H19Cl3N2O2/c1-12-3-2-8-25(11-12)20(27)16-9-13(21)5-7-18(16)24-19(26)15-6-4-14(22)10-17(15)23/h4-7,9-10,12H,2-3,8,11H2,1H3,(H,24,26)/t12-/m1/s1. The molecule has 4 nitrogen and oxygen atoms in total. The Morgan fingerprint density at radius 2 is 1.74 bits per heavy atom. The van der Waals surface area contributed by atoms with Gasteiger partial charge in [0.25, 0.3) is 11.8 Å². The summed E-state index contributed by atoms with van der Waals surface area (Å²) in [5, 5.41) is 3.89. The maximum atomic E-state index is 13.0. The van der Waals surface area contributed by atoms with Crippen molar-refractivity contribution in [2.24, 2.45) is 5.92 Å². The molecule has 0 bridgehead atoms. The molecule has 1 heterocycles. The molecular formula is C20H19Cl3N2O2. The quantitative estimate of drug-likeness (QED) is 0.678. The highest BCUT2D eigenvalue weighted by Crippen LogP contribution is 2.27. The maximum Gasteiger partial charge on any atom is 0.257 e. The predicted molar refractivity (Wildman–Crippen MR) is 110 cm³/mol. The van der Waals surface area contributed by atoms with E-state index in [-0.39, 0.29) is 16.5 Å². The topological polar surface area (TPSA) is 49.4 Å². The summed E-state index contributed by atoms with van der Waals surface area (Å²) in [6, 6.07) is 9.49. The second-order valence-corrected chi connectivity index (χ2v) is 8.05. The second-order valence-electron chi connectivity index (χ2n) is 6.77. The first-order chi connectivity index (χ1) is 12.8. The van der Waals surface area contributed by atoms with E-state index >= 15 is 0 Å². The Morgan fingerprint density at radius 1 is 1.04 bits per heavy atom. The number of nitrogens with zero attached hydrogens (tertiary/aromatic N) is 1. The monoisotopic (exact) mass is 424 g/mol. The van der Waals surface area contributed by atoms with E-state index in [1.807, 2.05) is 4.90 Å². The Morgan fingerprint density at radius 3 is 2.44 bits per heavy atom. The van der Waals surface area contributed by atoms with E-state index in [0.717, 1.165) is 12.8 Å². The van der Waals surface area contributed by atoms with Crippen LogP contribution in [-0.2, 0) is 0 Å². The molecule has 0 spiro atoms. The van der Waals surface area contributed by atoms with E-state index in [4.69, 9.17) is 34.8 Å². The van der Waals surface area contributed by atoms with Gasteiger partial charge in [0.15, 0.2) is 0 Å². The first kappa shape index (κ1) is 20.0. The van der Waals surface area contributed by atoms with Crippen molar-refractivity contribution in [3.8, 4) is 0 Å². The smallest absolute Gasteiger partial charge is 0.257 e. The Balaban J connectivity index is 1.87. The lowest BCUT2D eigenvalue weighted by atomic mass is 9.99. The summed E-state index contributed by atoms with van der Waals surface area (Å²) in [7, 11) is 0. The molecule has 1 fully saturated rings. The number of hydrogen-bond acceptors (Lipinski definition) is 2. The molecule has 0 unspecified atom stereocenters. The number of halogens is 3. The molecule has 3 rings (SSSR count). The zero-order chi connectivity index (χ0) is 19.6. The minimum atomic E-state index is -0.417. The van der Waals surface area contributed by atoms with Crippen molar-refractivity contribution in [3.05, 3.63) is 62.6 Å². The van der Waals surface area contributed by atoms with Crippen molar-refractivity contribution < 1.29 is 9.59 Å². The average Bonchev–Trinajstić information content (AvgIpc) is 2.62. The summed E-state index contributed by atoms with van der Waals surface area (Å²) in [4.78, 5) is 27.5. The van der Waals surface area contributed by atoms with Crippen LogP contribution in [0, 0.1) is 5.92 Å². The summed E-state index contributed by atoms with van der Waals surface area (Å²) in [6.07, 6.45) is 2.08. The van der Waals surface area contributed by atoms with E-state index < -0.39 is 5.91 Å². The van der Waals surface area contributed by atoms with E-state index in [1.54, 1.807) is 30.3 Å². The highest BCUT2D eigenvalue weighted by molar-refractivity contribution is 6.37. The van der Waals surface area contributed by atoms with Crippen LogP contribution in [0.1, 0.15) is 40.5 Å². The molecule has 0 saturated carbocycles. The fourth-order valence-corrected chi connectivity index (χ4v) is 3.88. The third-order valence-corrected chi connectivity index (χ3v) is 5.36. The summed E-state index contributed by atoms with van der Waals surface area (Å²) >= 11 is 18.1. The van der Waals surface area contributed by atoms with Gasteiger partial charge in [0.05, 0.1) is 21.8 Å². The van der Waals surface area contributed by atoms with Crippen molar-refractivity contribution in [1.82, 2.24) is 4.90 Å². The summed E-state index contributed by atoms with van der Waals surface area (Å²) in [5.41, 5.74) is 1.05. The van der Waals surface area contributed by atoms with Gasteiger partial charge in [0.2, 0.25) is 0 Å². The van der Waals surface area contributed by atoms with E-state index in [2.05, 4.69) is 12.2 Å². The van der Waals surface area contributed by atoms with Crippen molar-refractivity contribution in [2.75, 3.05) is 18.4 Å². The number of piperidine rings is 1. The van der Waals surface area contributed by atoms with Crippen LogP contribution in [0.3, 0.4) is 0 Å². The Bertz CT molecular complexity index is 886. The number of benzene rings is 2. The SMILES string of the molecule is C[C@@H]1CCCN(C(=O)c2cc(Cl)ccc2NC(=O)c2ccc(Cl)cc2Cl)C1. The number of likely N-dealkylation sites (tertiary alicyclic amines) is 1. The summed E-state index contributed by atoms with van der Waals surface area (Å²) in [6.45, 7) is 3.52. The molecule has 0 aliphatic carbocycles. The van der Waals surface area contributed by atoms with Crippen molar-refractivity contribution in [2.45, 2.75) is 19.8 Å². The maximum absolute atomic E-state index is 13.0. The molecule has 1 atom stereocenters. The first-order valence-corrected chi connectivity index (χ1v) is 9.84. The minimum absolute atomic E-state index is 0.137. The number of hydrogen-bond donors (Lipinski definition) is 1. The van der Waals surface area contributed by atoms with Crippen LogP contribution in [0.2, 0.25) is 15.1 Å². The van der Waals surface area contributed by atoms with Gasteiger partial charge in [-0.15, -0.1) is 0 Å². The van der Waals surface area contributed by atoms with E-state index in [9.17, 15) is 9.59 Å². The zero-order valence-corrected chi connectivity index (χ0v) is 17.0. The summed E-state index contributed by atoms with van der Waals surface area (Å²) in [5.74, 6) is -0.102. The van der Waals surface area contributed by atoms with Crippen molar-refractivity contribution >= 4 is 52.3 Å². The van der Waals surface area contributed by atoms with Crippen LogP contribution in [0.4, 0.5) is 5.69 Å². The van der Waals surface area contributed by atoms with Gasteiger partial charge in [-0.3, -0.25) is 9.59 Å². The van der Waals surface area contributed by atoms with Gasteiger partial charge in [-0.25, -0.2) is 0 Å². The van der Waals surface area contributed by atoms with Crippen LogP contribution in [0.15, 0.2) is 36.4 Å². The van der Waals surface area contributed by atoms with Crippen molar-refractivity contribution in [1.29, 1.82) is 0 Å². The molecule has 7 heteroatoms.